The van der Waals surface area contributed by atoms with Gasteiger partial charge in [-0.25, -0.2) is 4.98 Å². The number of hydrogen-bond donors (Lipinski definition) is 1. The molecule has 2 aromatic rings. The fourth-order valence-corrected chi connectivity index (χ4v) is 3.60. The van der Waals surface area contributed by atoms with E-state index in [0.29, 0.717) is 19.2 Å². The molecular weight excluding hydrogens is 286 g/mol. The smallest absolute Gasteiger partial charge is 0.262 e. The number of rotatable bonds is 6. The van der Waals surface area contributed by atoms with Gasteiger partial charge >= 0.3 is 0 Å². The molecule has 0 unspecified atom stereocenters. The monoisotopic (exact) mass is 307 g/mol. The van der Waals surface area contributed by atoms with Crippen molar-refractivity contribution in [2.24, 2.45) is 0 Å². The van der Waals surface area contributed by atoms with E-state index < -0.39 is 0 Å². The number of thiophene rings is 1. The zero-order chi connectivity index (χ0) is 15.0. The Labute approximate surface area is 128 Å². The summed E-state index contributed by atoms with van der Waals surface area (Å²) in [5.74, 6) is 0.854. The van der Waals surface area contributed by atoms with Crippen molar-refractivity contribution in [2.45, 2.75) is 39.3 Å². The van der Waals surface area contributed by atoms with Crippen molar-refractivity contribution in [3.8, 4) is 0 Å². The van der Waals surface area contributed by atoms with Gasteiger partial charge in [0.25, 0.3) is 5.56 Å². The van der Waals surface area contributed by atoms with Crippen molar-refractivity contribution in [1.82, 2.24) is 14.9 Å². The van der Waals surface area contributed by atoms with Gasteiger partial charge in [0.2, 0.25) is 0 Å². The van der Waals surface area contributed by atoms with Gasteiger partial charge in [-0.05, 0) is 32.3 Å². The Bertz CT molecular complexity index is 716. The summed E-state index contributed by atoms with van der Waals surface area (Å²) in [6, 6.07) is 0.341. The first kappa shape index (κ1) is 14.7. The average molecular weight is 307 g/mol. The molecule has 6 heteroatoms. The van der Waals surface area contributed by atoms with E-state index in [9.17, 15) is 4.79 Å². The third-order valence-corrected chi connectivity index (χ3v) is 5.09. The number of nitrogens with zero attached hydrogens (tertiary/aromatic N) is 2. The zero-order valence-electron chi connectivity index (χ0n) is 12.7. The Morgan fingerprint density at radius 3 is 2.86 bits per heavy atom. The normalized spacial score (nSPS) is 15.0. The van der Waals surface area contributed by atoms with E-state index in [-0.39, 0.29) is 5.56 Å². The number of methoxy groups -OCH3 is 1. The standard InChI is InChI=1S/C15H21N3O2S/c1-9-10(2)21-14-13(9)15(19)18(11-4-5-11)12(17-14)8-16-6-7-20-3/h11,16H,4-8H2,1-3H3. The van der Waals surface area contributed by atoms with Crippen LogP contribution in [0, 0.1) is 13.8 Å². The van der Waals surface area contributed by atoms with Gasteiger partial charge in [-0.1, -0.05) is 0 Å². The summed E-state index contributed by atoms with van der Waals surface area (Å²) in [5.41, 5.74) is 1.22. The van der Waals surface area contributed by atoms with Crippen LogP contribution in [0.4, 0.5) is 0 Å². The van der Waals surface area contributed by atoms with Crippen LogP contribution < -0.4 is 10.9 Å². The van der Waals surface area contributed by atoms with Crippen LogP contribution in [-0.4, -0.2) is 29.8 Å². The second-order valence-corrected chi connectivity index (χ2v) is 6.77. The summed E-state index contributed by atoms with van der Waals surface area (Å²) in [6.45, 7) is 6.11. The van der Waals surface area contributed by atoms with Gasteiger partial charge in [0, 0.05) is 24.6 Å². The van der Waals surface area contributed by atoms with Gasteiger partial charge in [0.15, 0.2) is 0 Å². The van der Waals surface area contributed by atoms with Crippen LogP contribution in [-0.2, 0) is 11.3 Å². The third kappa shape index (κ3) is 2.75. The molecule has 0 spiro atoms. The first-order valence-corrected chi connectivity index (χ1v) is 8.16. The van der Waals surface area contributed by atoms with E-state index >= 15 is 0 Å². The van der Waals surface area contributed by atoms with Crippen LogP contribution in [0.2, 0.25) is 0 Å². The molecule has 1 saturated carbocycles. The maximum absolute atomic E-state index is 12.8. The number of fused-ring (bicyclic) bond motifs is 1. The number of hydrogen-bond acceptors (Lipinski definition) is 5. The predicted molar refractivity (Wildman–Crippen MR) is 85.2 cm³/mol. The van der Waals surface area contributed by atoms with Crippen LogP contribution in [0.5, 0.6) is 0 Å². The Morgan fingerprint density at radius 1 is 1.43 bits per heavy atom. The summed E-state index contributed by atoms with van der Waals surface area (Å²) in [7, 11) is 1.68. The summed E-state index contributed by atoms with van der Waals surface area (Å²) in [6.07, 6.45) is 2.17. The van der Waals surface area contributed by atoms with Gasteiger partial charge in [0.05, 0.1) is 18.5 Å². The summed E-state index contributed by atoms with van der Waals surface area (Å²) in [4.78, 5) is 19.6. The van der Waals surface area contributed by atoms with Gasteiger partial charge in [0.1, 0.15) is 10.7 Å². The molecule has 1 aliphatic rings. The number of ether oxygens (including phenoxy) is 1. The van der Waals surface area contributed by atoms with Crippen molar-refractivity contribution >= 4 is 21.6 Å². The van der Waals surface area contributed by atoms with Crippen LogP contribution >= 0.6 is 11.3 Å². The SMILES string of the molecule is COCCNCc1nc2sc(C)c(C)c2c(=O)n1C1CC1. The first-order chi connectivity index (χ1) is 10.1. The van der Waals surface area contributed by atoms with E-state index in [2.05, 4.69) is 12.2 Å². The molecule has 3 rings (SSSR count). The largest absolute Gasteiger partial charge is 0.383 e. The molecule has 114 valence electrons. The first-order valence-electron chi connectivity index (χ1n) is 7.34. The van der Waals surface area contributed by atoms with E-state index in [0.717, 1.165) is 41.0 Å². The number of aromatic nitrogens is 2. The topological polar surface area (TPSA) is 56.1 Å². The van der Waals surface area contributed by atoms with Crippen molar-refractivity contribution < 1.29 is 4.74 Å². The lowest BCUT2D eigenvalue weighted by molar-refractivity contribution is 0.198. The Morgan fingerprint density at radius 2 is 2.19 bits per heavy atom. The fraction of sp³-hybridized carbons (Fsp3) is 0.600. The molecular formula is C15H21N3O2S. The minimum absolute atomic E-state index is 0.132. The molecule has 1 aliphatic carbocycles. The molecule has 2 heterocycles. The second kappa shape index (κ2) is 5.87. The van der Waals surface area contributed by atoms with Crippen LogP contribution in [0.25, 0.3) is 10.2 Å². The lowest BCUT2D eigenvalue weighted by Gasteiger charge is -2.12. The molecule has 0 radical (unpaired) electrons. The predicted octanol–water partition coefficient (Wildman–Crippen LogP) is 2.15. The van der Waals surface area contributed by atoms with Crippen LogP contribution in [0.3, 0.4) is 0 Å². The third-order valence-electron chi connectivity index (χ3n) is 3.99. The van der Waals surface area contributed by atoms with Gasteiger partial charge < -0.3 is 10.1 Å². The van der Waals surface area contributed by atoms with Crippen molar-refractivity contribution in [3.05, 3.63) is 26.6 Å². The Hall–Kier alpha value is -1.24. The van der Waals surface area contributed by atoms with Gasteiger partial charge in [-0.15, -0.1) is 11.3 Å². The summed E-state index contributed by atoms with van der Waals surface area (Å²) < 4.78 is 6.94. The van der Waals surface area contributed by atoms with E-state index in [4.69, 9.17) is 9.72 Å². The van der Waals surface area contributed by atoms with Crippen molar-refractivity contribution in [1.29, 1.82) is 0 Å². The minimum atomic E-state index is 0.132. The second-order valence-electron chi connectivity index (χ2n) is 5.57. The van der Waals surface area contributed by atoms with Gasteiger partial charge in [-0.3, -0.25) is 9.36 Å². The number of nitrogens with one attached hydrogen (secondary N) is 1. The molecule has 0 aliphatic heterocycles. The lowest BCUT2D eigenvalue weighted by atomic mass is 10.2. The van der Waals surface area contributed by atoms with E-state index in [1.807, 2.05) is 11.5 Å². The molecule has 5 nitrogen and oxygen atoms in total. The molecule has 1 fully saturated rings. The maximum Gasteiger partial charge on any atom is 0.262 e. The molecule has 21 heavy (non-hydrogen) atoms. The van der Waals surface area contributed by atoms with E-state index in [1.165, 1.54) is 4.88 Å². The molecule has 2 aromatic heterocycles. The highest BCUT2D eigenvalue weighted by atomic mass is 32.1. The zero-order valence-corrected chi connectivity index (χ0v) is 13.5. The Kier molecular flexibility index (Phi) is 4.10. The van der Waals surface area contributed by atoms with E-state index in [1.54, 1.807) is 18.4 Å². The van der Waals surface area contributed by atoms with Crippen LogP contribution in [0.15, 0.2) is 4.79 Å². The average Bonchev–Trinajstić information content (AvgIpc) is 3.23. The lowest BCUT2D eigenvalue weighted by Crippen LogP contribution is -2.29. The maximum atomic E-state index is 12.8. The van der Waals surface area contributed by atoms with Crippen LogP contribution in [0.1, 0.15) is 35.1 Å². The van der Waals surface area contributed by atoms with Crippen molar-refractivity contribution in [2.75, 3.05) is 20.3 Å². The Balaban J connectivity index is 2.02. The van der Waals surface area contributed by atoms with Crippen molar-refractivity contribution in [3.63, 3.8) is 0 Å². The number of aryl methyl sites for hydroxylation is 2. The molecule has 0 amide bonds. The fourth-order valence-electron chi connectivity index (χ4n) is 2.56. The highest BCUT2D eigenvalue weighted by Crippen LogP contribution is 2.36. The highest BCUT2D eigenvalue weighted by Gasteiger charge is 2.29. The molecule has 0 bridgehead atoms. The quantitative estimate of drug-likeness (QED) is 0.831. The highest BCUT2D eigenvalue weighted by molar-refractivity contribution is 7.18. The molecule has 0 saturated heterocycles. The molecule has 0 atom stereocenters. The minimum Gasteiger partial charge on any atom is -0.383 e. The molecule has 1 N–H and O–H groups in total. The molecule has 0 aromatic carbocycles. The summed E-state index contributed by atoms with van der Waals surface area (Å²) >= 11 is 1.61. The summed E-state index contributed by atoms with van der Waals surface area (Å²) in [5, 5.41) is 4.11. The van der Waals surface area contributed by atoms with Gasteiger partial charge in [-0.2, -0.15) is 0 Å².